The zero-order valence-electron chi connectivity index (χ0n) is 19.3. The average molecular weight is 529 g/mol. The van der Waals surface area contributed by atoms with Crippen molar-refractivity contribution in [2.45, 2.75) is 25.3 Å². The van der Waals surface area contributed by atoms with Gasteiger partial charge >= 0.3 is 0 Å². The Bertz CT molecular complexity index is 1730. The monoisotopic (exact) mass is 528 g/mol. The fraction of sp³-hybridized carbons (Fsp3) is 0.154. The Kier molecular flexibility index (Phi) is 5.63. The van der Waals surface area contributed by atoms with E-state index in [0.29, 0.717) is 45.7 Å². The molecule has 0 bridgehead atoms. The van der Waals surface area contributed by atoms with Crippen LogP contribution in [0.4, 0.5) is 5.82 Å². The van der Waals surface area contributed by atoms with E-state index < -0.39 is 0 Å². The largest absolute Gasteiger partial charge is 0.384 e. The lowest BCUT2D eigenvalue weighted by Gasteiger charge is -2.17. The molecule has 11 heteroatoms. The van der Waals surface area contributed by atoms with Gasteiger partial charge in [-0.2, -0.15) is 5.26 Å². The highest BCUT2D eigenvalue weighted by atomic mass is 35.5. The highest BCUT2D eigenvalue weighted by Crippen LogP contribution is 2.38. The Balaban J connectivity index is 1.35. The number of pyridine rings is 2. The Morgan fingerprint density at radius 2 is 1.97 bits per heavy atom. The number of aryl methyl sites for hydroxylation is 1. The smallest absolute Gasteiger partial charge is 0.251 e. The maximum atomic E-state index is 13.5. The topological polar surface area (TPSA) is 128 Å². The predicted octanol–water partition coefficient (Wildman–Crippen LogP) is 4.54. The molecular weight excluding hydrogens is 511 g/mol. The van der Waals surface area contributed by atoms with Gasteiger partial charge in [-0.3, -0.25) is 4.79 Å². The van der Waals surface area contributed by atoms with Crippen molar-refractivity contribution in [2.24, 2.45) is 4.99 Å². The fourth-order valence-corrected chi connectivity index (χ4v) is 5.38. The van der Waals surface area contributed by atoms with Crippen LogP contribution in [0.3, 0.4) is 0 Å². The molecule has 0 fully saturated rings. The van der Waals surface area contributed by atoms with Gasteiger partial charge in [0.25, 0.3) is 5.56 Å². The molecule has 0 saturated carbocycles. The first kappa shape index (κ1) is 23.2. The van der Waals surface area contributed by atoms with Crippen molar-refractivity contribution in [2.75, 3.05) is 5.73 Å². The number of nitrogens with zero attached hydrogens (tertiary/aromatic N) is 7. The van der Waals surface area contributed by atoms with Crippen LogP contribution in [-0.4, -0.2) is 30.3 Å². The highest BCUT2D eigenvalue weighted by Gasteiger charge is 2.32. The van der Waals surface area contributed by atoms with Gasteiger partial charge in [-0.15, -0.1) is 5.10 Å². The van der Waals surface area contributed by atoms with Crippen LogP contribution in [0.25, 0.3) is 22.4 Å². The van der Waals surface area contributed by atoms with Crippen LogP contribution in [0.5, 0.6) is 0 Å². The van der Waals surface area contributed by atoms with Crippen LogP contribution in [0.1, 0.15) is 35.8 Å². The zero-order valence-corrected chi connectivity index (χ0v) is 20.8. The van der Waals surface area contributed by atoms with E-state index in [2.05, 4.69) is 20.3 Å². The lowest BCUT2D eigenvalue weighted by molar-refractivity contribution is 0.651. The molecule has 9 nitrogen and oxygen atoms in total. The van der Waals surface area contributed by atoms with E-state index in [9.17, 15) is 4.79 Å². The summed E-state index contributed by atoms with van der Waals surface area (Å²) in [7, 11) is 0. The summed E-state index contributed by atoms with van der Waals surface area (Å²) >= 11 is 12.8. The number of allylic oxidation sites excluding steroid dienone is 1. The maximum Gasteiger partial charge on any atom is 0.251 e. The second-order valence-corrected chi connectivity index (χ2v) is 9.64. The summed E-state index contributed by atoms with van der Waals surface area (Å²) in [6.07, 6.45) is 5.21. The molecule has 2 aliphatic rings. The van der Waals surface area contributed by atoms with E-state index in [1.165, 1.54) is 10.9 Å². The van der Waals surface area contributed by atoms with E-state index in [0.717, 1.165) is 29.0 Å². The molecule has 0 radical (unpaired) electrons. The van der Waals surface area contributed by atoms with Gasteiger partial charge in [0, 0.05) is 46.2 Å². The number of nitriles is 1. The summed E-state index contributed by atoms with van der Waals surface area (Å²) < 4.78 is 3.30. The molecule has 37 heavy (non-hydrogen) atoms. The summed E-state index contributed by atoms with van der Waals surface area (Å²) in [6.45, 7) is 0. The molecule has 182 valence electrons. The third-order valence-electron chi connectivity index (χ3n) is 6.63. The number of aliphatic imine (C=N–C) groups is 1. The first-order valence-electron chi connectivity index (χ1n) is 11.5. The van der Waals surface area contributed by atoms with Crippen molar-refractivity contribution in [1.29, 1.82) is 5.26 Å². The number of hydrogen-bond donors (Lipinski definition) is 1. The first-order chi connectivity index (χ1) is 17.9. The van der Waals surface area contributed by atoms with Gasteiger partial charge in [-0.1, -0.05) is 28.4 Å². The van der Waals surface area contributed by atoms with Crippen molar-refractivity contribution < 1.29 is 0 Å². The molecule has 2 aliphatic heterocycles. The van der Waals surface area contributed by atoms with Crippen LogP contribution < -0.4 is 11.3 Å². The predicted molar refractivity (Wildman–Crippen MR) is 142 cm³/mol. The number of benzene rings is 1. The second kappa shape index (κ2) is 9.00. The van der Waals surface area contributed by atoms with Gasteiger partial charge in [0.05, 0.1) is 17.9 Å². The first-order valence-corrected chi connectivity index (χ1v) is 12.2. The lowest BCUT2D eigenvalue weighted by atomic mass is 10.00. The number of halogens is 2. The van der Waals surface area contributed by atoms with Gasteiger partial charge in [0.15, 0.2) is 5.69 Å². The average Bonchev–Trinajstić information content (AvgIpc) is 3.63. The molecule has 0 amide bonds. The maximum absolute atomic E-state index is 13.5. The fourth-order valence-electron chi connectivity index (χ4n) is 4.92. The van der Waals surface area contributed by atoms with Crippen molar-refractivity contribution in [3.05, 3.63) is 92.3 Å². The summed E-state index contributed by atoms with van der Waals surface area (Å²) in [5.74, 6) is 0.434. The number of hydrogen-bond acceptors (Lipinski definition) is 7. The number of rotatable bonds is 4. The van der Waals surface area contributed by atoms with Gasteiger partial charge in [-0.25, -0.2) is 14.7 Å². The Labute approximate surface area is 221 Å². The Morgan fingerprint density at radius 3 is 2.73 bits per heavy atom. The quantitative estimate of drug-likeness (QED) is 0.387. The SMILES string of the molecule is N#Cc1cn(-c2ccc(Cl)cc2-c2cc3n(c(=O)c2)[C@H](C2=NC(Cl)=C(c4ccc(N)nc4)C2)CC3)nn1. The van der Waals surface area contributed by atoms with Gasteiger partial charge < -0.3 is 10.3 Å². The summed E-state index contributed by atoms with van der Waals surface area (Å²) in [6, 6.07) is 14.3. The van der Waals surface area contributed by atoms with E-state index in [-0.39, 0.29) is 17.3 Å². The summed E-state index contributed by atoms with van der Waals surface area (Å²) in [5, 5.41) is 18.0. The minimum absolute atomic E-state index is 0.140. The van der Waals surface area contributed by atoms with Crippen molar-refractivity contribution in [1.82, 2.24) is 24.5 Å². The van der Waals surface area contributed by atoms with Crippen LogP contribution in [0.15, 0.2) is 69.8 Å². The minimum Gasteiger partial charge on any atom is -0.384 e. The zero-order chi connectivity index (χ0) is 25.7. The molecular formula is C26H18Cl2N8O. The molecule has 0 spiro atoms. The summed E-state index contributed by atoms with van der Waals surface area (Å²) in [5.41, 5.74) is 11.3. The van der Waals surface area contributed by atoms with Crippen LogP contribution in [0, 0.1) is 11.3 Å². The summed E-state index contributed by atoms with van der Waals surface area (Å²) in [4.78, 5) is 22.2. The molecule has 6 rings (SSSR count). The van der Waals surface area contributed by atoms with Gasteiger partial charge in [0.1, 0.15) is 17.0 Å². The molecule has 0 saturated heterocycles. The van der Waals surface area contributed by atoms with E-state index in [1.807, 2.05) is 18.2 Å². The molecule has 0 unspecified atom stereocenters. The third kappa shape index (κ3) is 4.10. The van der Waals surface area contributed by atoms with Crippen LogP contribution in [0.2, 0.25) is 5.02 Å². The number of fused-ring (bicyclic) bond motifs is 1. The van der Waals surface area contributed by atoms with Crippen molar-refractivity contribution in [3.8, 4) is 22.9 Å². The number of anilines is 1. The van der Waals surface area contributed by atoms with E-state index >= 15 is 0 Å². The highest BCUT2D eigenvalue weighted by molar-refractivity contribution is 6.35. The van der Waals surface area contributed by atoms with Gasteiger partial charge in [-0.05, 0) is 60.4 Å². The normalized spacial score (nSPS) is 16.6. The van der Waals surface area contributed by atoms with Crippen LogP contribution >= 0.6 is 23.2 Å². The third-order valence-corrected chi connectivity index (χ3v) is 7.17. The van der Waals surface area contributed by atoms with Crippen molar-refractivity contribution >= 4 is 40.3 Å². The molecule has 1 aromatic carbocycles. The molecule has 1 atom stereocenters. The Hall–Kier alpha value is -4.26. The molecule has 0 aliphatic carbocycles. The number of nitrogen functional groups attached to an aromatic ring is 1. The lowest BCUT2D eigenvalue weighted by Crippen LogP contribution is -2.27. The van der Waals surface area contributed by atoms with E-state index in [1.54, 1.807) is 41.1 Å². The molecule has 2 N–H and O–H groups in total. The van der Waals surface area contributed by atoms with Crippen LogP contribution in [-0.2, 0) is 6.42 Å². The Morgan fingerprint density at radius 1 is 1.11 bits per heavy atom. The van der Waals surface area contributed by atoms with E-state index in [4.69, 9.17) is 34.2 Å². The van der Waals surface area contributed by atoms with Gasteiger partial charge in [0.2, 0.25) is 0 Å². The second-order valence-electron chi connectivity index (χ2n) is 8.84. The number of aromatic nitrogens is 5. The molecule has 3 aromatic heterocycles. The standard InChI is InChI=1S/C26H18Cl2N8O/c27-16-2-4-22(35-13-17(11-29)33-34-35)19(9-16)15-7-18-3-5-23(36(18)25(37)8-15)21-10-20(26(28)32-21)14-1-6-24(30)31-12-14/h1-2,4,6-9,12-13,23H,3,5,10H2,(H2,30,31)/t23-/m0/s1. The number of nitrogens with two attached hydrogens (primary N) is 1. The minimum atomic E-state index is -0.183. The van der Waals surface area contributed by atoms with Crippen molar-refractivity contribution in [3.63, 3.8) is 0 Å². The molecule has 4 aromatic rings. The molecule has 5 heterocycles.